The average molecular weight is 401 g/mol. The minimum Gasteiger partial charge on any atom is -0.379 e. The number of benzene rings is 1. The van der Waals surface area contributed by atoms with Crippen molar-refractivity contribution in [3.05, 3.63) is 28.8 Å². The average Bonchev–Trinajstić information content (AvgIpc) is 2.61. The van der Waals surface area contributed by atoms with E-state index in [9.17, 15) is 13.2 Å². The quantitative estimate of drug-likeness (QED) is 0.781. The number of hydrogen-bond acceptors (Lipinski definition) is 4. The van der Waals surface area contributed by atoms with E-state index in [1.807, 2.05) is 0 Å². The number of rotatable bonds is 3. The maximum absolute atomic E-state index is 13.0. The second-order valence-electron chi connectivity index (χ2n) is 7.31. The first-order valence-corrected chi connectivity index (χ1v) is 10.8. The summed E-state index contributed by atoms with van der Waals surface area (Å²) in [4.78, 5) is 14.9. The highest BCUT2D eigenvalue weighted by atomic mass is 35.5. The smallest absolute Gasteiger partial charge is 0.255 e. The number of hydrogen-bond donors (Lipinski definition) is 0. The molecule has 8 heteroatoms. The van der Waals surface area contributed by atoms with Gasteiger partial charge < -0.3 is 9.64 Å². The Morgan fingerprint density at radius 3 is 2.38 bits per heavy atom. The van der Waals surface area contributed by atoms with Crippen LogP contribution in [0.5, 0.6) is 0 Å². The highest BCUT2D eigenvalue weighted by Crippen LogP contribution is 2.27. The zero-order valence-electron chi connectivity index (χ0n) is 15.2. The van der Waals surface area contributed by atoms with Crippen LogP contribution in [0.15, 0.2) is 23.1 Å². The van der Waals surface area contributed by atoms with E-state index in [4.69, 9.17) is 16.3 Å². The van der Waals surface area contributed by atoms with Gasteiger partial charge >= 0.3 is 0 Å². The van der Waals surface area contributed by atoms with Gasteiger partial charge in [0.25, 0.3) is 5.91 Å². The normalized spacial score (nSPS) is 25.3. The molecule has 0 aromatic heterocycles. The number of ether oxygens (including phenoxy) is 1. The van der Waals surface area contributed by atoms with Crippen molar-refractivity contribution < 1.29 is 17.9 Å². The maximum Gasteiger partial charge on any atom is 0.255 e. The van der Waals surface area contributed by atoms with Gasteiger partial charge in [0.2, 0.25) is 10.0 Å². The van der Waals surface area contributed by atoms with E-state index in [1.165, 1.54) is 22.5 Å². The first-order chi connectivity index (χ1) is 12.3. The Morgan fingerprint density at radius 2 is 1.77 bits per heavy atom. The molecule has 0 radical (unpaired) electrons. The van der Waals surface area contributed by atoms with Crippen LogP contribution < -0.4 is 0 Å². The Morgan fingerprint density at radius 1 is 1.15 bits per heavy atom. The molecule has 1 aromatic rings. The fraction of sp³-hybridized carbons (Fsp3) is 0.611. The van der Waals surface area contributed by atoms with Gasteiger partial charge in [0, 0.05) is 26.2 Å². The van der Waals surface area contributed by atoms with E-state index >= 15 is 0 Å². The molecule has 2 heterocycles. The second-order valence-corrected chi connectivity index (χ2v) is 9.66. The molecule has 0 saturated carbocycles. The summed E-state index contributed by atoms with van der Waals surface area (Å²) in [7, 11) is -3.66. The number of amides is 1. The summed E-state index contributed by atoms with van der Waals surface area (Å²) in [6.07, 6.45) is 1.09. The molecule has 2 saturated heterocycles. The van der Waals surface area contributed by atoms with E-state index in [0.717, 1.165) is 6.42 Å². The van der Waals surface area contributed by atoms with E-state index in [2.05, 4.69) is 13.8 Å². The van der Waals surface area contributed by atoms with Crippen LogP contribution in [0, 0.1) is 11.8 Å². The molecule has 2 aliphatic heterocycles. The van der Waals surface area contributed by atoms with Crippen LogP contribution >= 0.6 is 11.6 Å². The first kappa shape index (κ1) is 19.6. The van der Waals surface area contributed by atoms with Crippen molar-refractivity contribution in [2.24, 2.45) is 11.8 Å². The number of morpholine rings is 1. The summed E-state index contributed by atoms with van der Waals surface area (Å²) in [5.74, 6) is 0.635. The molecule has 0 bridgehead atoms. The molecule has 1 aromatic carbocycles. The number of nitrogens with zero attached hydrogens (tertiary/aromatic N) is 2. The number of likely N-dealkylation sites (tertiary alicyclic amines) is 1. The lowest BCUT2D eigenvalue weighted by Crippen LogP contribution is -2.43. The molecular weight excluding hydrogens is 376 g/mol. The van der Waals surface area contributed by atoms with Crippen LogP contribution in [0.3, 0.4) is 0 Å². The van der Waals surface area contributed by atoms with Gasteiger partial charge in [0.15, 0.2) is 0 Å². The first-order valence-electron chi connectivity index (χ1n) is 8.95. The lowest BCUT2D eigenvalue weighted by molar-refractivity contribution is 0.0623. The van der Waals surface area contributed by atoms with Crippen molar-refractivity contribution in [3.8, 4) is 0 Å². The number of piperidine rings is 1. The SMILES string of the molecule is C[C@@H]1C[C@H](C)CN(C(=O)c2cc(S(=O)(=O)N3CCOCC3)ccc2Cl)C1. The van der Waals surface area contributed by atoms with Crippen molar-refractivity contribution in [3.63, 3.8) is 0 Å². The summed E-state index contributed by atoms with van der Waals surface area (Å²) < 4.78 is 32.3. The molecule has 2 atom stereocenters. The zero-order chi connectivity index (χ0) is 18.9. The van der Waals surface area contributed by atoms with Gasteiger partial charge in [-0.2, -0.15) is 4.31 Å². The third-order valence-corrected chi connectivity index (χ3v) is 7.16. The topological polar surface area (TPSA) is 66.9 Å². The molecule has 1 amide bonds. The second kappa shape index (κ2) is 7.84. The summed E-state index contributed by atoms with van der Waals surface area (Å²) in [6, 6.07) is 4.38. The molecule has 3 rings (SSSR count). The van der Waals surface area contributed by atoms with Gasteiger partial charge in [-0.15, -0.1) is 0 Å². The van der Waals surface area contributed by atoms with Crippen LogP contribution in [0.2, 0.25) is 5.02 Å². The lowest BCUT2D eigenvalue weighted by Gasteiger charge is -2.35. The van der Waals surface area contributed by atoms with Crippen molar-refractivity contribution in [1.82, 2.24) is 9.21 Å². The molecule has 6 nitrogen and oxygen atoms in total. The number of sulfonamides is 1. The van der Waals surface area contributed by atoms with E-state index in [-0.39, 0.29) is 21.4 Å². The third-order valence-electron chi connectivity index (χ3n) is 4.93. The van der Waals surface area contributed by atoms with E-state index in [1.54, 1.807) is 4.90 Å². The van der Waals surface area contributed by atoms with Crippen LogP contribution in [0.25, 0.3) is 0 Å². The number of carbonyl (C=O) groups is 1. The standard InChI is InChI=1S/C18H25ClN2O4S/c1-13-9-14(2)12-20(11-13)18(22)16-10-15(3-4-17(16)19)26(23,24)21-5-7-25-8-6-21/h3-4,10,13-14H,5-9,11-12H2,1-2H3/t13-,14+. The van der Waals surface area contributed by atoms with Crippen molar-refractivity contribution in [1.29, 1.82) is 0 Å². The molecule has 26 heavy (non-hydrogen) atoms. The monoisotopic (exact) mass is 400 g/mol. The summed E-state index contributed by atoms with van der Waals surface area (Å²) in [5, 5.41) is 0.279. The molecule has 0 N–H and O–H groups in total. The minimum atomic E-state index is -3.66. The highest BCUT2D eigenvalue weighted by Gasteiger charge is 2.30. The lowest BCUT2D eigenvalue weighted by atomic mass is 9.91. The van der Waals surface area contributed by atoms with Gasteiger partial charge in [-0.25, -0.2) is 8.42 Å². The predicted molar refractivity (Wildman–Crippen MR) is 99.9 cm³/mol. The van der Waals surface area contributed by atoms with Gasteiger partial charge in [0.05, 0.1) is 28.7 Å². The van der Waals surface area contributed by atoms with Crippen LogP contribution in [-0.2, 0) is 14.8 Å². The van der Waals surface area contributed by atoms with Gasteiger partial charge in [-0.3, -0.25) is 4.79 Å². The van der Waals surface area contributed by atoms with Crippen molar-refractivity contribution in [2.75, 3.05) is 39.4 Å². The largest absolute Gasteiger partial charge is 0.379 e. The molecule has 0 aliphatic carbocycles. The Balaban J connectivity index is 1.89. The fourth-order valence-electron chi connectivity index (χ4n) is 3.76. The van der Waals surface area contributed by atoms with E-state index in [0.29, 0.717) is 51.2 Å². The minimum absolute atomic E-state index is 0.102. The van der Waals surface area contributed by atoms with Gasteiger partial charge in [0.1, 0.15) is 0 Å². The summed E-state index contributed by atoms with van der Waals surface area (Å²) in [5.41, 5.74) is 0.252. The van der Waals surface area contributed by atoms with Crippen molar-refractivity contribution in [2.45, 2.75) is 25.2 Å². The predicted octanol–water partition coefficient (Wildman–Crippen LogP) is 2.48. The Hall–Kier alpha value is -1.15. The van der Waals surface area contributed by atoms with Crippen molar-refractivity contribution >= 4 is 27.5 Å². The Kier molecular flexibility index (Phi) is 5.91. The molecule has 0 unspecified atom stereocenters. The Labute approximate surface area is 160 Å². The van der Waals surface area contributed by atoms with E-state index < -0.39 is 10.0 Å². The van der Waals surface area contributed by atoms with Crippen LogP contribution in [0.4, 0.5) is 0 Å². The third kappa shape index (κ3) is 4.06. The molecule has 144 valence electrons. The zero-order valence-corrected chi connectivity index (χ0v) is 16.7. The molecule has 0 spiro atoms. The summed E-state index contributed by atoms with van der Waals surface area (Å²) >= 11 is 6.24. The Bertz CT molecular complexity index is 767. The molecule has 2 fully saturated rings. The van der Waals surface area contributed by atoms with Crippen LogP contribution in [0.1, 0.15) is 30.6 Å². The highest BCUT2D eigenvalue weighted by molar-refractivity contribution is 7.89. The number of halogens is 1. The molecule has 2 aliphatic rings. The summed E-state index contributed by atoms with van der Waals surface area (Å²) in [6.45, 7) is 6.96. The maximum atomic E-state index is 13.0. The fourth-order valence-corrected chi connectivity index (χ4v) is 5.40. The number of carbonyl (C=O) groups excluding carboxylic acids is 1. The molecular formula is C18H25ClN2O4S. The van der Waals surface area contributed by atoms with Crippen LogP contribution in [-0.4, -0.2) is 62.9 Å². The van der Waals surface area contributed by atoms with Gasteiger partial charge in [-0.05, 0) is 36.5 Å². The van der Waals surface area contributed by atoms with Gasteiger partial charge in [-0.1, -0.05) is 25.4 Å².